The second-order valence-electron chi connectivity index (χ2n) is 6.43. The fourth-order valence-corrected chi connectivity index (χ4v) is 3.43. The van der Waals surface area contributed by atoms with Crippen molar-refractivity contribution in [3.8, 4) is 5.75 Å². The van der Waals surface area contributed by atoms with Crippen molar-refractivity contribution >= 4 is 0 Å². The lowest BCUT2D eigenvalue weighted by atomic mass is 9.73. The van der Waals surface area contributed by atoms with E-state index in [-0.39, 0.29) is 5.41 Å². The van der Waals surface area contributed by atoms with E-state index < -0.39 is 0 Å². The summed E-state index contributed by atoms with van der Waals surface area (Å²) in [5.41, 5.74) is 1.64. The van der Waals surface area contributed by atoms with E-state index in [0.29, 0.717) is 6.04 Å². The lowest BCUT2D eigenvalue weighted by Crippen LogP contribution is -2.41. The molecule has 2 rings (SSSR count). The van der Waals surface area contributed by atoms with Crippen molar-refractivity contribution in [1.82, 2.24) is 5.32 Å². The molecule has 1 aliphatic carbocycles. The summed E-state index contributed by atoms with van der Waals surface area (Å²) in [6, 6.07) is 9.14. The van der Waals surface area contributed by atoms with E-state index in [0.717, 1.165) is 12.3 Å². The highest BCUT2D eigenvalue weighted by molar-refractivity contribution is 5.40. The highest BCUT2D eigenvalue weighted by Crippen LogP contribution is 2.42. The van der Waals surface area contributed by atoms with Crippen molar-refractivity contribution in [1.29, 1.82) is 0 Å². The normalized spacial score (nSPS) is 18.8. The molecule has 1 N–H and O–H groups in total. The summed E-state index contributed by atoms with van der Waals surface area (Å²) in [7, 11) is 1.79. The zero-order valence-electron chi connectivity index (χ0n) is 13.2. The second-order valence-corrected chi connectivity index (χ2v) is 6.43. The predicted molar refractivity (Wildman–Crippen MR) is 85.5 cm³/mol. The Bertz CT molecular complexity index is 406. The van der Waals surface area contributed by atoms with Gasteiger partial charge in [0.05, 0.1) is 7.11 Å². The fourth-order valence-electron chi connectivity index (χ4n) is 3.43. The number of ether oxygens (including phenoxy) is 1. The minimum Gasteiger partial charge on any atom is -0.496 e. The Morgan fingerprint density at radius 2 is 1.75 bits per heavy atom. The number of rotatable bonds is 5. The molecule has 20 heavy (non-hydrogen) atoms. The van der Waals surface area contributed by atoms with Gasteiger partial charge >= 0.3 is 0 Å². The van der Waals surface area contributed by atoms with E-state index in [1.165, 1.54) is 44.1 Å². The van der Waals surface area contributed by atoms with Gasteiger partial charge in [-0.3, -0.25) is 0 Å². The lowest BCUT2D eigenvalue weighted by Gasteiger charge is -2.35. The first-order valence-corrected chi connectivity index (χ1v) is 8.05. The van der Waals surface area contributed by atoms with Gasteiger partial charge in [-0.2, -0.15) is 0 Å². The van der Waals surface area contributed by atoms with Crippen molar-refractivity contribution in [3.63, 3.8) is 0 Å². The van der Waals surface area contributed by atoms with Crippen molar-refractivity contribution in [3.05, 3.63) is 29.8 Å². The Morgan fingerprint density at radius 3 is 2.35 bits per heavy atom. The van der Waals surface area contributed by atoms with Crippen LogP contribution in [0.1, 0.15) is 57.9 Å². The molecular formula is C18H29NO. The van der Waals surface area contributed by atoms with Crippen LogP contribution in [0, 0.1) is 0 Å². The minimum absolute atomic E-state index is 0.243. The van der Waals surface area contributed by atoms with Gasteiger partial charge in [0.2, 0.25) is 0 Å². The van der Waals surface area contributed by atoms with Crippen molar-refractivity contribution < 1.29 is 4.74 Å². The first-order chi connectivity index (χ1) is 9.68. The summed E-state index contributed by atoms with van der Waals surface area (Å²) < 4.78 is 5.64. The average molecular weight is 275 g/mol. The summed E-state index contributed by atoms with van der Waals surface area (Å²) in [5, 5.41) is 3.68. The zero-order valence-corrected chi connectivity index (χ0v) is 13.2. The molecule has 1 fully saturated rings. The van der Waals surface area contributed by atoms with Gasteiger partial charge in [-0.25, -0.2) is 0 Å². The smallest absolute Gasteiger partial charge is 0.122 e. The molecule has 1 aliphatic rings. The third-order valence-corrected chi connectivity index (χ3v) is 4.59. The summed E-state index contributed by atoms with van der Waals surface area (Å²) in [6.45, 7) is 5.52. The number of methoxy groups -OCH3 is 1. The molecule has 0 aliphatic heterocycles. The maximum atomic E-state index is 5.64. The molecule has 1 saturated carbocycles. The number of hydrogen-bond donors (Lipinski definition) is 1. The van der Waals surface area contributed by atoms with Gasteiger partial charge in [-0.05, 0) is 18.9 Å². The van der Waals surface area contributed by atoms with E-state index in [1.54, 1.807) is 7.11 Å². The van der Waals surface area contributed by atoms with E-state index >= 15 is 0 Å². The first kappa shape index (κ1) is 15.4. The van der Waals surface area contributed by atoms with Gasteiger partial charge in [0, 0.05) is 23.6 Å². The molecule has 0 atom stereocenters. The number of nitrogens with one attached hydrogen (secondary N) is 1. The van der Waals surface area contributed by atoms with Crippen LogP contribution in [0.2, 0.25) is 0 Å². The minimum atomic E-state index is 0.243. The van der Waals surface area contributed by atoms with Gasteiger partial charge in [0.25, 0.3) is 0 Å². The highest BCUT2D eigenvalue weighted by Gasteiger charge is 2.34. The standard InChI is InChI=1S/C18H29NO/c1-15(2)19-14-18(12-8-4-5-9-13-18)16-10-6-7-11-17(16)20-3/h6-7,10-11,15,19H,4-5,8-9,12-14H2,1-3H3. The summed E-state index contributed by atoms with van der Waals surface area (Å²) in [5.74, 6) is 1.06. The molecule has 0 bridgehead atoms. The maximum absolute atomic E-state index is 5.64. The van der Waals surface area contributed by atoms with E-state index in [4.69, 9.17) is 4.74 Å². The number of benzene rings is 1. The van der Waals surface area contributed by atoms with Crippen LogP contribution < -0.4 is 10.1 Å². The molecule has 2 heteroatoms. The van der Waals surface area contributed by atoms with Crippen LogP contribution in [0.3, 0.4) is 0 Å². The van der Waals surface area contributed by atoms with Gasteiger partial charge in [-0.1, -0.05) is 57.7 Å². The van der Waals surface area contributed by atoms with E-state index in [1.807, 2.05) is 0 Å². The Morgan fingerprint density at radius 1 is 1.10 bits per heavy atom. The molecular weight excluding hydrogens is 246 g/mol. The third kappa shape index (κ3) is 3.54. The quantitative estimate of drug-likeness (QED) is 0.810. The fraction of sp³-hybridized carbons (Fsp3) is 0.667. The molecule has 0 spiro atoms. The third-order valence-electron chi connectivity index (χ3n) is 4.59. The lowest BCUT2D eigenvalue weighted by molar-refractivity contribution is 0.316. The Kier molecular flexibility index (Phi) is 5.47. The van der Waals surface area contributed by atoms with Crippen LogP contribution in [0.4, 0.5) is 0 Å². The van der Waals surface area contributed by atoms with Crippen LogP contribution >= 0.6 is 0 Å². The molecule has 0 radical (unpaired) electrons. The topological polar surface area (TPSA) is 21.3 Å². The van der Waals surface area contributed by atoms with Crippen LogP contribution in [0.25, 0.3) is 0 Å². The van der Waals surface area contributed by atoms with Crippen LogP contribution in [0.5, 0.6) is 5.75 Å². The number of hydrogen-bond acceptors (Lipinski definition) is 2. The molecule has 1 aromatic rings. The Hall–Kier alpha value is -1.02. The molecule has 0 saturated heterocycles. The van der Waals surface area contributed by atoms with Crippen LogP contribution in [0.15, 0.2) is 24.3 Å². The van der Waals surface area contributed by atoms with Gasteiger partial charge in [0.15, 0.2) is 0 Å². The summed E-state index contributed by atoms with van der Waals surface area (Å²) >= 11 is 0. The number of para-hydroxylation sites is 1. The summed E-state index contributed by atoms with van der Waals surface area (Å²) in [6.07, 6.45) is 7.95. The zero-order chi connectivity index (χ0) is 14.4. The molecule has 2 nitrogen and oxygen atoms in total. The molecule has 0 unspecified atom stereocenters. The molecule has 0 heterocycles. The largest absolute Gasteiger partial charge is 0.496 e. The highest BCUT2D eigenvalue weighted by atomic mass is 16.5. The van der Waals surface area contributed by atoms with Gasteiger partial charge in [-0.15, -0.1) is 0 Å². The van der Waals surface area contributed by atoms with Crippen LogP contribution in [-0.4, -0.2) is 19.7 Å². The average Bonchev–Trinajstić information content (AvgIpc) is 2.71. The van der Waals surface area contributed by atoms with E-state index in [9.17, 15) is 0 Å². The Balaban J connectivity index is 2.33. The molecule has 112 valence electrons. The van der Waals surface area contributed by atoms with Gasteiger partial charge in [0.1, 0.15) is 5.75 Å². The first-order valence-electron chi connectivity index (χ1n) is 8.05. The van der Waals surface area contributed by atoms with Crippen molar-refractivity contribution in [2.24, 2.45) is 0 Å². The molecule has 0 aromatic heterocycles. The van der Waals surface area contributed by atoms with Crippen molar-refractivity contribution in [2.45, 2.75) is 63.8 Å². The van der Waals surface area contributed by atoms with Gasteiger partial charge < -0.3 is 10.1 Å². The SMILES string of the molecule is COc1ccccc1C1(CNC(C)C)CCCCCC1. The predicted octanol–water partition coefficient (Wildman–Crippen LogP) is 4.29. The maximum Gasteiger partial charge on any atom is 0.122 e. The summed E-state index contributed by atoms with van der Waals surface area (Å²) in [4.78, 5) is 0. The Labute approximate surface area is 123 Å². The van der Waals surface area contributed by atoms with Crippen molar-refractivity contribution in [2.75, 3.05) is 13.7 Å². The second kappa shape index (κ2) is 7.12. The monoisotopic (exact) mass is 275 g/mol. The molecule has 1 aromatic carbocycles. The van der Waals surface area contributed by atoms with E-state index in [2.05, 4.69) is 43.4 Å². The van der Waals surface area contributed by atoms with Crippen LogP contribution in [-0.2, 0) is 5.41 Å². The molecule has 0 amide bonds.